The fourth-order valence-corrected chi connectivity index (χ4v) is 3.41. The molecule has 5 heteroatoms. The summed E-state index contributed by atoms with van der Waals surface area (Å²) in [5, 5.41) is 2.83. The molecule has 1 heterocycles. The summed E-state index contributed by atoms with van der Waals surface area (Å²) in [6, 6.07) is 4.99. The number of hydrogen-bond donors (Lipinski definition) is 1. The number of morpholine rings is 1. The topological polar surface area (TPSA) is 41.6 Å². The van der Waals surface area contributed by atoms with Crippen molar-refractivity contribution in [3.63, 3.8) is 0 Å². The summed E-state index contributed by atoms with van der Waals surface area (Å²) in [6.45, 7) is 3.60. The van der Waals surface area contributed by atoms with Gasteiger partial charge in [-0.15, -0.1) is 0 Å². The van der Waals surface area contributed by atoms with Gasteiger partial charge in [-0.1, -0.05) is 18.9 Å². The number of benzene rings is 1. The summed E-state index contributed by atoms with van der Waals surface area (Å²) in [5.41, 5.74) is 1.08. The first-order chi connectivity index (χ1) is 10.6. The van der Waals surface area contributed by atoms with Gasteiger partial charge in [0.05, 0.1) is 13.2 Å². The zero-order valence-corrected chi connectivity index (χ0v) is 13.0. The molecule has 1 unspecified atom stereocenters. The van der Waals surface area contributed by atoms with Crippen molar-refractivity contribution in [1.29, 1.82) is 0 Å². The monoisotopic (exact) mass is 306 g/mol. The van der Waals surface area contributed by atoms with Gasteiger partial charge in [-0.2, -0.15) is 0 Å². The van der Waals surface area contributed by atoms with Crippen molar-refractivity contribution >= 4 is 11.6 Å². The molecular formula is C17H23FN2O2. The Labute approximate surface area is 130 Å². The van der Waals surface area contributed by atoms with E-state index in [0.29, 0.717) is 30.5 Å². The summed E-state index contributed by atoms with van der Waals surface area (Å²) in [5.74, 6) is -0.403. The highest BCUT2D eigenvalue weighted by Crippen LogP contribution is 2.27. The van der Waals surface area contributed by atoms with Crippen LogP contribution in [0.15, 0.2) is 18.2 Å². The molecule has 1 aliphatic carbocycles. The fraction of sp³-hybridized carbons (Fsp3) is 0.588. The van der Waals surface area contributed by atoms with E-state index in [0.717, 1.165) is 19.4 Å². The summed E-state index contributed by atoms with van der Waals surface area (Å²) in [6.07, 6.45) is 4.78. The first kappa shape index (κ1) is 15.4. The first-order valence-electron chi connectivity index (χ1n) is 8.05. The summed E-state index contributed by atoms with van der Waals surface area (Å²) in [4.78, 5) is 14.8. The minimum absolute atomic E-state index is 0.102. The Hall–Kier alpha value is -1.46. The summed E-state index contributed by atoms with van der Waals surface area (Å²) in [7, 11) is 0. The number of carbonyl (C=O) groups excluding carboxylic acids is 1. The van der Waals surface area contributed by atoms with Crippen molar-refractivity contribution in [1.82, 2.24) is 4.90 Å². The van der Waals surface area contributed by atoms with E-state index < -0.39 is 0 Å². The third kappa shape index (κ3) is 3.31. The lowest BCUT2D eigenvalue weighted by molar-refractivity contribution is -0.129. The molecule has 1 aromatic carbocycles. The van der Waals surface area contributed by atoms with Gasteiger partial charge in [-0.25, -0.2) is 4.39 Å². The lowest BCUT2D eigenvalue weighted by atomic mass is 10.1. The SMILES string of the molecule is Cc1ccc(NC(=O)C2COCCN2C2CCCC2)cc1F. The second-order valence-corrected chi connectivity index (χ2v) is 6.22. The highest BCUT2D eigenvalue weighted by molar-refractivity contribution is 5.95. The van der Waals surface area contributed by atoms with E-state index in [1.165, 1.54) is 18.9 Å². The van der Waals surface area contributed by atoms with Crippen LogP contribution in [0.5, 0.6) is 0 Å². The Morgan fingerprint density at radius 1 is 1.36 bits per heavy atom. The van der Waals surface area contributed by atoms with Crippen LogP contribution in [0.25, 0.3) is 0 Å². The first-order valence-corrected chi connectivity index (χ1v) is 8.05. The van der Waals surface area contributed by atoms with Crippen molar-refractivity contribution in [2.75, 3.05) is 25.1 Å². The molecule has 0 spiro atoms. The van der Waals surface area contributed by atoms with Gasteiger partial charge in [-0.3, -0.25) is 9.69 Å². The van der Waals surface area contributed by atoms with E-state index in [4.69, 9.17) is 4.74 Å². The van der Waals surface area contributed by atoms with Crippen molar-refractivity contribution in [2.24, 2.45) is 0 Å². The van der Waals surface area contributed by atoms with Crippen LogP contribution >= 0.6 is 0 Å². The maximum Gasteiger partial charge on any atom is 0.244 e. The molecule has 1 saturated carbocycles. The molecule has 1 atom stereocenters. The molecule has 2 aliphatic rings. The van der Waals surface area contributed by atoms with Crippen LogP contribution in [0.3, 0.4) is 0 Å². The molecule has 1 aromatic rings. The predicted molar refractivity (Wildman–Crippen MR) is 83.3 cm³/mol. The number of amides is 1. The zero-order valence-electron chi connectivity index (χ0n) is 13.0. The van der Waals surface area contributed by atoms with Crippen molar-refractivity contribution < 1.29 is 13.9 Å². The number of rotatable bonds is 3. The van der Waals surface area contributed by atoms with Crippen LogP contribution in [0.2, 0.25) is 0 Å². The zero-order chi connectivity index (χ0) is 15.5. The average Bonchev–Trinajstić information content (AvgIpc) is 3.05. The van der Waals surface area contributed by atoms with Gasteiger partial charge in [0.15, 0.2) is 0 Å². The Balaban J connectivity index is 1.69. The molecule has 120 valence electrons. The third-order valence-electron chi connectivity index (χ3n) is 4.71. The lowest BCUT2D eigenvalue weighted by Crippen LogP contribution is -2.55. The van der Waals surface area contributed by atoms with Crippen LogP contribution in [0.1, 0.15) is 31.2 Å². The molecule has 0 radical (unpaired) electrons. The predicted octanol–water partition coefficient (Wildman–Crippen LogP) is 2.72. The van der Waals surface area contributed by atoms with Crippen molar-refractivity contribution in [2.45, 2.75) is 44.7 Å². The molecule has 2 fully saturated rings. The number of nitrogens with zero attached hydrogens (tertiary/aromatic N) is 1. The highest BCUT2D eigenvalue weighted by atomic mass is 19.1. The molecule has 1 aliphatic heterocycles. The molecule has 0 bridgehead atoms. The van der Waals surface area contributed by atoms with E-state index in [1.54, 1.807) is 19.1 Å². The maximum atomic E-state index is 13.6. The number of aryl methyl sites for hydroxylation is 1. The third-order valence-corrected chi connectivity index (χ3v) is 4.71. The average molecular weight is 306 g/mol. The molecule has 4 nitrogen and oxygen atoms in total. The normalized spacial score (nSPS) is 23.6. The molecule has 1 saturated heterocycles. The van der Waals surface area contributed by atoms with Crippen LogP contribution in [0, 0.1) is 12.7 Å². The number of carbonyl (C=O) groups is 1. The van der Waals surface area contributed by atoms with Crippen molar-refractivity contribution in [3.05, 3.63) is 29.6 Å². The van der Waals surface area contributed by atoms with E-state index in [1.807, 2.05) is 0 Å². The van der Waals surface area contributed by atoms with Gasteiger partial charge in [0, 0.05) is 18.3 Å². The molecule has 1 amide bonds. The Morgan fingerprint density at radius 3 is 2.86 bits per heavy atom. The van der Waals surface area contributed by atoms with Crippen LogP contribution < -0.4 is 5.32 Å². The summed E-state index contributed by atoms with van der Waals surface area (Å²) < 4.78 is 19.1. The molecular weight excluding hydrogens is 283 g/mol. The largest absolute Gasteiger partial charge is 0.378 e. The Bertz CT molecular complexity index is 543. The van der Waals surface area contributed by atoms with Crippen LogP contribution in [-0.2, 0) is 9.53 Å². The van der Waals surface area contributed by atoms with Gasteiger partial charge >= 0.3 is 0 Å². The molecule has 3 rings (SSSR count). The van der Waals surface area contributed by atoms with Gasteiger partial charge in [0.2, 0.25) is 5.91 Å². The second kappa shape index (κ2) is 6.75. The number of hydrogen-bond acceptors (Lipinski definition) is 3. The van der Waals surface area contributed by atoms with E-state index >= 15 is 0 Å². The van der Waals surface area contributed by atoms with Gasteiger partial charge in [0.25, 0.3) is 0 Å². The molecule has 22 heavy (non-hydrogen) atoms. The van der Waals surface area contributed by atoms with Gasteiger partial charge < -0.3 is 10.1 Å². The second-order valence-electron chi connectivity index (χ2n) is 6.22. The number of ether oxygens (including phenoxy) is 1. The standard InChI is InChI=1S/C17H23FN2O2/c1-12-6-7-13(10-15(12)18)19-17(21)16-11-22-9-8-20(16)14-4-2-3-5-14/h6-7,10,14,16H,2-5,8-9,11H2,1H3,(H,19,21). The van der Waals surface area contributed by atoms with E-state index in [9.17, 15) is 9.18 Å². The minimum atomic E-state index is -0.301. The quantitative estimate of drug-likeness (QED) is 0.933. The number of anilines is 1. The highest BCUT2D eigenvalue weighted by Gasteiger charge is 2.35. The van der Waals surface area contributed by atoms with Gasteiger partial charge in [0.1, 0.15) is 11.9 Å². The number of halogens is 1. The van der Waals surface area contributed by atoms with E-state index in [2.05, 4.69) is 10.2 Å². The molecule has 0 aromatic heterocycles. The number of nitrogens with one attached hydrogen (secondary N) is 1. The fourth-order valence-electron chi connectivity index (χ4n) is 3.41. The Morgan fingerprint density at radius 2 is 2.14 bits per heavy atom. The van der Waals surface area contributed by atoms with Gasteiger partial charge in [-0.05, 0) is 37.5 Å². The van der Waals surface area contributed by atoms with E-state index in [-0.39, 0.29) is 17.8 Å². The van der Waals surface area contributed by atoms with Crippen LogP contribution in [0.4, 0.5) is 10.1 Å². The summed E-state index contributed by atoms with van der Waals surface area (Å²) >= 11 is 0. The smallest absolute Gasteiger partial charge is 0.244 e. The molecule has 1 N–H and O–H groups in total. The lowest BCUT2D eigenvalue weighted by Gasteiger charge is -2.38. The van der Waals surface area contributed by atoms with Crippen molar-refractivity contribution in [3.8, 4) is 0 Å². The van der Waals surface area contributed by atoms with Crippen LogP contribution in [-0.4, -0.2) is 42.6 Å². The Kier molecular flexibility index (Phi) is 4.74. The maximum absolute atomic E-state index is 13.6. The minimum Gasteiger partial charge on any atom is -0.378 e.